The summed E-state index contributed by atoms with van der Waals surface area (Å²) < 4.78 is 32.6. The van der Waals surface area contributed by atoms with Gasteiger partial charge in [-0.05, 0) is 77.0 Å². The second-order valence-corrected chi connectivity index (χ2v) is 14.8. The number of phosphoric acid groups is 1. The fraction of sp³-hybridized carbons (Fsp3) is 0.690. The molecule has 0 fully saturated rings. The largest absolute Gasteiger partial charge is 0.480 e. The molecule has 0 aliphatic rings. The van der Waals surface area contributed by atoms with Gasteiger partial charge in [0.25, 0.3) is 0 Å². The van der Waals surface area contributed by atoms with Crippen LogP contribution >= 0.6 is 7.82 Å². The summed E-state index contributed by atoms with van der Waals surface area (Å²) in [6.45, 7) is 2.61. The molecule has 0 radical (unpaired) electrons. The Balaban J connectivity index is 4.47. The summed E-state index contributed by atoms with van der Waals surface area (Å²) in [6, 6.07) is -1.53. The SMILES string of the molecule is CC/C=C\C/C=C\C/C=C\CCCCCCCC(=O)O[C@H](COC(=O)CCCCCCC/C=C\C/C=C\CCCCC)COP(=O)(O)OC[C@H](N)C(=O)O. The number of ether oxygens (including phenoxy) is 2. The maximum atomic E-state index is 12.6. The van der Waals surface area contributed by atoms with E-state index in [1.165, 1.54) is 19.3 Å². The molecule has 4 N–H and O–H groups in total. The van der Waals surface area contributed by atoms with Gasteiger partial charge in [-0.3, -0.25) is 23.4 Å². The van der Waals surface area contributed by atoms with Crippen molar-refractivity contribution in [1.82, 2.24) is 0 Å². The van der Waals surface area contributed by atoms with Crippen LogP contribution in [0, 0.1) is 0 Å². The molecule has 0 aromatic rings. The molecular weight excluding hydrogens is 709 g/mol. The Morgan fingerprint density at radius 3 is 1.56 bits per heavy atom. The van der Waals surface area contributed by atoms with Gasteiger partial charge in [-0.1, -0.05) is 126 Å². The van der Waals surface area contributed by atoms with Crippen LogP contribution in [0.3, 0.4) is 0 Å². The van der Waals surface area contributed by atoms with E-state index in [1.54, 1.807) is 0 Å². The molecule has 0 aliphatic carbocycles. The molecule has 0 amide bonds. The summed E-state index contributed by atoms with van der Waals surface area (Å²) in [5.41, 5.74) is 5.32. The quantitative estimate of drug-likeness (QED) is 0.0237. The lowest BCUT2D eigenvalue weighted by atomic mass is 10.1. The standard InChI is InChI=1S/C42H72NO10P/c1-3-5-7-9-11-13-15-17-19-21-23-25-27-29-31-33-40(44)50-35-38(36-51-54(48,49)52-37-39(43)42(46)47)53-41(45)34-32-30-28-26-24-22-20-18-16-14-12-10-8-6-4-2/h6,8,11-14,17-20,38-39H,3-5,7,9-10,15-16,21-37,43H2,1-2H3,(H,46,47)(H,48,49)/b8-6-,13-11-,14-12-,19-17-,20-18-/t38-,39+/m1/s1. The van der Waals surface area contributed by atoms with E-state index in [0.29, 0.717) is 12.8 Å². The number of carbonyl (C=O) groups excluding carboxylic acids is 2. The molecule has 0 aliphatic heterocycles. The maximum Gasteiger partial charge on any atom is 0.472 e. The van der Waals surface area contributed by atoms with E-state index in [9.17, 15) is 23.8 Å². The van der Waals surface area contributed by atoms with Gasteiger partial charge in [0, 0.05) is 12.8 Å². The first-order valence-corrected chi connectivity index (χ1v) is 21.8. The molecule has 310 valence electrons. The summed E-state index contributed by atoms with van der Waals surface area (Å²) in [5, 5.41) is 8.87. The predicted octanol–water partition coefficient (Wildman–Crippen LogP) is 10.4. The monoisotopic (exact) mass is 781 g/mol. The number of phosphoric ester groups is 1. The highest BCUT2D eigenvalue weighted by atomic mass is 31.2. The lowest BCUT2D eigenvalue weighted by molar-refractivity contribution is -0.161. The predicted molar refractivity (Wildman–Crippen MR) is 217 cm³/mol. The highest BCUT2D eigenvalue weighted by molar-refractivity contribution is 7.47. The van der Waals surface area contributed by atoms with E-state index in [4.69, 9.17) is 24.8 Å². The van der Waals surface area contributed by atoms with Crippen molar-refractivity contribution in [2.24, 2.45) is 5.73 Å². The average molecular weight is 782 g/mol. The topological polar surface area (TPSA) is 172 Å². The average Bonchev–Trinajstić information content (AvgIpc) is 3.14. The molecule has 3 atom stereocenters. The second kappa shape index (κ2) is 37.1. The highest BCUT2D eigenvalue weighted by Gasteiger charge is 2.28. The van der Waals surface area contributed by atoms with Crippen LogP contribution in [0.25, 0.3) is 0 Å². The van der Waals surface area contributed by atoms with Gasteiger partial charge in [0.15, 0.2) is 6.10 Å². The number of hydrogen-bond donors (Lipinski definition) is 3. The number of rotatable bonds is 37. The normalized spacial score (nSPS) is 14.4. The molecule has 0 heterocycles. The van der Waals surface area contributed by atoms with E-state index < -0.39 is 51.1 Å². The molecular formula is C42H72NO10P. The highest BCUT2D eigenvalue weighted by Crippen LogP contribution is 2.43. The third-order valence-corrected chi connectivity index (χ3v) is 9.20. The molecule has 0 rings (SSSR count). The molecule has 12 heteroatoms. The van der Waals surface area contributed by atoms with Gasteiger partial charge in [0.05, 0.1) is 13.2 Å². The summed E-state index contributed by atoms with van der Waals surface area (Å²) in [4.78, 5) is 45.9. The van der Waals surface area contributed by atoms with Crippen molar-refractivity contribution in [2.45, 2.75) is 167 Å². The number of carbonyl (C=O) groups is 3. The van der Waals surface area contributed by atoms with Gasteiger partial charge >= 0.3 is 25.7 Å². The van der Waals surface area contributed by atoms with Gasteiger partial charge in [-0.2, -0.15) is 0 Å². The third kappa shape index (κ3) is 36.2. The summed E-state index contributed by atoms with van der Waals surface area (Å²) in [7, 11) is -4.72. The summed E-state index contributed by atoms with van der Waals surface area (Å²) in [5.74, 6) is -2.43. The smallest absolute Gasteiger partial charge is 0.472 e. The maximum absolute atomic E-state index is 12.6. The van der Waals surface area contributed by atoms with E-state index in [-0.39, 0.29) is 19.4 Å². The number of aliphatic carboxylic acids is 1. The van der Waals surface area contributed by atoms with Crippen molar-refractivity contribution in [3.63, 3.8) is 0 Å². The number of carboxylic acids is 1. The molecule has 1 unspecified atom stereocenters. The van der Waals surface area contributed by atoms with Crippen LogP contribution in [0.2, 0.25) is 0 Å². The lowest BCUT2D eigenvalue weighted by Gasteiger charge is -2.20. The van der Waals surface area contributed by atoms with Gasteiger partial charge in [0.2, 0.25) is 0 Å². The van der Waals surface area contributed by atoms with E-state index in [1.807, 2.05) is 0 Å². The number of esters is 2. The summed E-state index contributed by atoms with van der Waals surface area (Å²) >= 11 is 0. The Bertz CT molecular complexity index is 1150. The molecule has 54 heavy (non-hydrogen) atoms. The van der Waals surface area contributed by atoms with Crippen molar-refractivity contribution >= 4 is 25.7 Å². The van der Waals surface area contributed by atoms with Crippen LogP contribution in [0.4, 0.5) is 0 Å². The molecule has 11 nitrogen and oxygen atoms in total. The zero-order valence-corrected chi connectivity index (χ0v) is 34.2. The van der Waals surface area contributed by atoms with Gasteiger partial charge in [-0.15, -0.1) is 0 Å². The molecule has 0 bridgehead atoms. The first-order valence-electron chi connectivity index (χ1n) is 20.3. The lowest BCUT2D eigenvalue weighted by Crippen LogP contribution is -2.34. The molecule has 0 saturated heterocycles. The van der Waals surface area contributed by atoms with Crippen LogP contribution < -0.4 is 5.73 Å². The van der Waals surface area contributed by atoms with Crippen molar-refractivity contribution in [2.75, 3.05) is 19.8 Å². The zero-order chi connectivity index (χ0) is 40.0. The molecule has 0 spiro atoms. The fourth-order valence-electron chi connectivity index (χ4n) is 5.05. The molecule has 0 aromatic heterocycles. The molecule has 0 saturated carbocycles. The Morgan fingerprint density at radius 1 is 0.593 bits per heavy atom. The fourth-order valence-corrected chi connectivity index (χ4v) is 5.83. The number of hydrogen-bond acceptors (Lipinski definition) is 9. The Kier molecular flexibility index (Phi) is 35.2. The van der Waals surface area contributed by atoms with E-state index >= 15 is 0 Å². The Hall–Kier alpha value is -2.82. The number of nitrogens with two attached hydrogens (primary N) is 1. The summed E-state index contributed by atoms with van der Waals surface area (Å²) in [6.07, 6.45) is 41.4. The minimum Gasteiger partial charge on any atom is -0.480 e. The van der Waals surface area contributed by atoms with Gasteiger partial charge < -0.3 is 25.2 Å². The van der Waals surface area contributed by atoms with Crippen molar-refractivity contribution in [3.8, 4) is 0 Å². The third-order valence-electron chi connectivity index (χ3n) is 8.25. The minimum atomic E-state index is -4.72. The van der Waals surface area contributed by atoms with E-state index in [0.717, 1.165) is 96.3 Å². The Labute approximate surface area is 326 Å². The molecule has 0 aromatic carbocycles. The number of unbranched alkanes of at least 4 members (excludes halogenated alkanes) is 13. The van der Waals surface area contributed by atoms with E-state index in [2.05, 4.69) is 79.1 Å². The van der Waals surface area contributed by atoms with Crippen LogP contribution in [0.15, 0.2) is 60.8 Å². The first-order chi connectivity index (χ1) is 26.1. The van der Waals surface area contributed by atoms with Crippen LogP contribution in [0.1, 0.15) is 155 Å². The van der Waals surface area contributed by atoms with Crippen molar-refractivity contribution < 1.29 is 47.5 Å². The number of carboxylic acid groups (broad SMARTS) is 1. The zero-order valence-electron chi connectivity index (χ0n) is 33.3. The van der Waals surface area contributed by atoms with Crippen molar-refractivity contribution in [3.05, 3.63) is 60.8 Å². The number of allylic oxidation sites excluding steroid dienone is 10. The van der Waals surface area contributed by atoms with Crippen LogP contribution in [-0.2, 0) is 37.5 Å². The first kappa shape index (κ1) is 51.2. The van der Waals surface area contributed by atoms with Crippen LogP contribution in [-0.4, -0.2) is 59.9 Å². The second-order valence-electron chi connectivity index (χ2n) is 13.4. The van der Waals surface area contributed by atoms with Crippen LogP contribution in [0.5, 0.6) is 0 Å². The van der Waals surface area contributed by atoms with Crippen molar-refractivity contribution in [1.29, 1.82) is 0 Å². The minimum absolute atomic E-state index is 0.136. The van der Waals surface area contributed by atoms with Gasteiger partial charge in [-0.25, -0.2) is 4.57 Å². The Morgan fingerprint density at radius 2 is 1.04 bits per heavy atom. The van der Waals surface area contributed by atoms with Gasteiger partial charge in [0.1, 0.15) is 12.6 Å².